The molecule has 106 valence electrons. The predicted molar refractivity (Wildman–Crippen MR) is 71.2 cm³/mol. The molecule has 6 heteroatoms. The third-order valence-corrected chi connectivity index (χ3v) is 4.65. The highest BCUT2D eigenvalue weighted by atomic mass is 16.7. The van der Waals surface area contributed by atoms with E-state index in [9.17, 15) is 0 Å². The number of ether oxygens (including phenoxy) is 2. The molecule has 0 saturated carbocycles. The minimum absolute atomic E-state index is 0.355. The molecule has 6 rings (SSSR count). The maximum Gasteiger partial charge on any atom is 0.231 e. The zero-order valence-corrected chi connectivity index (χ0v) is 11.5. The number of quaternary nitrogens is 1. The molecule has 0 radical (unpaired) electrons. The van der Waals surface area contributed by atoms with Gasteiger partial charge in [-0.05, 0) is 18.2 Å². The standard InChI is InChI=1S/C14H19N4O2/c1-2-13-14(20-11-19-13)3-12(1)4-18-8-15-5-16(9-18)7-17(6-15)10-18/h1-3H,4-11H2/q+1. The van der Waals surface area contributed by atoms with Crippen LogP contribution in [0.3, 0.4) is 0 Å². The van der Waals surface area contributed by atoms with E-state index in [1.54, 1.807) is 0 Å². The van der Waals surface area contributed by atoms with Gasteiger partial charge in [-0.15, -0.1) is 0 Å². The SMILES string of the molecule is c1cc2c(cc1C[N+]13CN4CN(CN(C4)C1)C3)OCO2. The van der Waals surface area contributed by atoms with Crippen molar-refractivity contribution in [3.05, 3.63) is 23.8 Å². The van der Waals surface area contributed by atoms with Crippen LogP contribution in [0.1, 0.15) is 5.56 Å². The van der Waals surface area contributed by atoms with Crippen LogP contribution in [0.4, 0.5) is 0 Å². The first-order chi connectivity index (χ1) is 9.78. The van der Waals surface area contributed by atoms with E-state index >= 15 is 0 Å². The lowest BCUT2D eigenvalue weighted by molar-refractivity contribution is -0.991. The maximum atomic E-state index is 5.50. The Morgan fingerprint density at radius 1 is 0.900 bits per heavy atom. The first kappa shape index (κ1) is 11.3. The molecule has 1 aromatic carbocycles. The van der Waals surface area contributed by atoms with Crippen molar-refractivity contribution < 1.29 is 14.0 Å². The summed E-state index contributed by atoms with van der Waals surface area (Å²) in [6, 6.07) is 6.38. The molecule has 0 amide bonds. The van der Waals surface area contributed by atoms with Crippen molar-refractivity contribution in [2.45, 2.75) is 6.54 Å². The molecule has 6 nitrogen and oxygen atoms in total. The minimum Gasteiger partial charge on any atom is -0.454 e. The van der Waals surface area contributed by atoms with Crippen LogP contribution in [-0.4, -0.2) is 66.0 Å². The Kier molecular flexibility index (Phi) is 2.18. The van der Waals surface area contributed by atoms with Crippen LogP contribution in [0.5, 0.6) is 11.5 Å². The van der Waals surface area contributed by atoms with Crippen LogP contribution < -0.4 is 9.47 Å². The Balaban J connectivity index is 1.43. The van der Waals surface area contributed by atoms with E-state index in [-0.39, 0.29) is 0 Å². The van der Waals surface area contributed by atoms with Gasteiger partial charge in [0.05, 0.1) is 20.0 Å². The van der Waals surface area contributed by atoms with Crippen molar-refractivity contribution in [1.82, 2.24) is 14.7 Å². The average Bonchev–Trinajstić information content (AvgIpc) is 2.83. The minimum atomic E-state index is 0.355. The van der Waals surface area contributed by atoms with Gasteiger partial charge in [0.2, 0.25) is 6.79 Å². The number of rotatable bonds is 2. The Labute approximate surface area is 118 Å². The predicted octanol–water partition coefficient (Wildman–Crippen LogP) is 0.424. The second kappa shape index (κ2) is 3.85. The summed E-state index contributed by atoms with van der Waals surface area (Å²) in [6.45, 7) is 8.34. The zero-order valence-electron chi connectivity index (χ0n) is 11.5. The molecule has 5 aliphatic rings. The van der Waals surface area contributed by atoms with Gasteiger partial charge in [0.15, 0.2) is 11.5 Å². The molecular weight excluding hydrogens is 256 g/mol. The van der Waals surface area contributed by atoms with E-state index in [0.29, 0.717) is 6.79 Å². The summed E-state index contributed by atoms with van der Waals surface area (Å²) in [6.07, 6.45) is 0. The highest BCUT2D eigenvalue weighted by molar-refractivity contribution is 5.44. The van der Waals surface area contributed by atoms with Gasteiger partial charge in [-0.25, -0.2) is 14.7 Å². The van der Waals surface area contributed by atoms with Gasteiger partial charge in [0.25, 0.3) is 0 Å². The van der Waals surface area contributed by atoms with E-state index in [0.717, 1.165) is 42.5 Å². The van der Waals surface area contributed by atoms with E-state index in [1.807, 2.05) is 6.07 Å². The summed E-state index contributed by atoms with van der Waals surface area (Å²) in [4.78, 5) is 7.64. The van der Waals surface area contributed by atoms with Crippen LogP contribution >= 0.6 is 0 Å². The van der Waals surface area contributed by atoms with Crippen LogP contribution in [0.2, 0.25) is 0 Å². The van der Waals surface area contributed by atoms with E-state index in [2.05, 4.69) is 26.8 Å². The van der Waals surface area contributed by atoms with Gasteiger partial charge in [0.1, 0.15) is 26.6 Å². The summed E-state index contributed by atoms with van der Waals surface area (Å²) in [5.74, 6) is 1.78. The van der Waals surface area contributed by atoms with Crippen molar-refractivity contribution in [2.75, 3.05) is 46.8 Å². The molecule has 4 fully saturated rings. The number of benzene rings is 1. The topological polar surface area (TPSA) is 28.2 Å². The molecule has 20 heavy (non-hydrogen) atoms. The summed E-state index contributed by atoms with van der Waals surface area (Å²) in [7, 11) is 0. The van der Waals surface area contributed by atoms with Crippen LogP contribution in [0.25, 0.3) is 0 Å². The number of hydrogen-bond acceptors (Lipinski definition) is 5. The Morgan fingerprint density at radius 3 is 2.25 bits per heavy atom. The lowest BCUT2D eigenvalue weighted by Crippen LogP contribution is -2.78. The second-order valence-electron chi connectivity index (χ2n) is 6.55. The normalized spacial score (nSPS) is 40.3. The van der Waals surface area contributed by atoms with Crippen LogP contribution in [-0.2, 0) is 6.54 Å². The first-order valence-electron chi connectivity index (χ1n) is 7.19. The lowest BCUT2D eigenvalue weighted by atomic mass is 10.1. The Morgan fingerprint density at radius 2 is 1.55 bits per heavy atom. The molecule has 0 N–H and O–H groups in total. The van der Waals surface area contributed by atoms with E-state index < -0.39 is 0 Å². The fourth-order valence-corrected chi connectivity index (χ4v) is 4.23. The summed E-state index contributed by atoms with van der Waals surface area (Å²) < 4.78 is 12.0. The van der Waals surface area contributed by atoms with Gasteiger partial charge in [0, 0.05) is 5.56 Å². The van der Waals surface area contributed by atoms with Gasteiger partial charge < -0.3 is 9.47 Å². The molecule has 0 unspecified atom stereocenters. The summed E-state index contributed by atoms with van der Waals surface area (Å²) in [5, 5.41) is 0. The Bertz CT molecular complexity index is 527. The highest BCUT2D eigenvalue weighted by Crippen LogP contribution is 2.35. The largest absolute Gasteiger partial charge is 0.454 e. The molecular formula is C14H19N4O2+. The quantitative estimate of drug-likeness (QED) is 0.730. The van der Waals surface area contributed by atoms with Gasteiger partial charge in [-0.3, -0.25) is 4.48 Å². The molecule has 0 aromatic heterocycles. The first-order valence-corrected chi connectivity index (χ1v) is 7.19. The highest BCUT2D eigenvalue weighted by Gasteiger charge is 2.48. The van der Waals surface area contributed by atoms with Gasteiger partial charge in [-0.1, -0.05) is 0 Å². The zero-order chi connectivity index (χ0) is 13.2. The molecule has 0 atom stereocenters. The number of hydrogen-bond donors (Lipinski definition) is 0. The van der Waals surface area contributed by atoms with Crippen LogP contribution in [0, 0.1) is 0 Å². The number of fused-ring (bicyclic) bond motifs is 1. The van der Waals surface area contributed by atoms with Gasteiger partial charge >= 0.3 is 0 Å². The molecule has 4 saturated heterocycles. The molecule has 0 spiro atoms. The third-order valence-electron chi connectivity index (χ3n) is 4.65. The lowest BCUT2D eigenvalue weighted by Gasteiger charge is -2.60. The summed E-state index contributed by atoms with van der Waals surface area (Å²) >= 11 is 0. The molecule has 5 heterocycles. The monoisotopic (exact) mass is 275 g/mol. The molecule has 0 aliphatic carbocycles. The van der Waals surface area contributed by atoms with Crippen molar-refractivity contribution in [3.8, 4) is 11.5 Å². The van der Waals surface area contributed by atoms with Crippen molar-refractivity contribution in [3.63, 3.8) is 0 Å². The fourth-order valence-electron chi connectivity index (χ4n) is 4.23. The smallest absolute Gasteiger partial charge is 0.231 e. The molecule has 1 aromatic rings. The van der Waals surface area contributed by atoms with Crippen LogP contribution in [0.15, 0.2) is 18.2 Å². The molecule has 4 bridgehead atoms. The van der Waals surface area contributed by atoms with Gasteiger partial charge in [-0.2, -0.15) is 0 Å². The number of nitrogens with zero attached hydrogens (tertiary/aromatic N) is 4. The fraction of sp³-hybridized carbons (Fsp3) is 0.571. The van der Waals surface area contributed by atoms with E-state index in [1.165, 1.54) is 25.6 Å². The average molecular weight is 275 g/mol. The second-order valence-corrected chi connectivity index (χ2v) is 6.55. The summed E-state index contributed by atoms with van der Waals surface area (Å²) in [5.41, 5.74) is 1.35. The third kappa shape index (κ3) is 1.66. The van der Waals surface area contributed by atoms with Crippen molar-refractivity contribution in [2.24, 2.45) is 0 Å². The maximum absolute atomic E-state index is 5.50. The molecule has 5 aliphatic heterocycles. The van der Waals surface area contributed by atoms with Crippen molar-refractivity contribution >= 4 is 0 Å². The van der Waals surface area contributed by atoms with E-state index in [4.69, 9.17) is 9.47 Å². The Hall–Kier alpha value is -1.34. The van der Waals surface area contributed by atoms with Crippen molar-refractivity contribution in [1.29, 1.82) is 0 Å².